The summed E-state index contributed by atoms with van der Waals surface area (Å²) < 4.78 is 1.37. The molecule has 0 radical (unpaired) electrons. The second kappa shape index (κ2) is 9.01. The smallest absolute Gasteiger partial charge is 0.266 e. The van der Waals surface area contributed by atoms with Gasteiger partial charge in [0.25, 0.3) is 5.91 Å². The van der Waals surface area contributed by atoms with Crippen LogP contribution in [0.1, 0.15) is 12.0 Å². The van der Waals surface area contributed by atoms with Crippen LogP contribution in [0.3, 0.4) is 0 Å². The number of carbonyl (C=O) groups is 2. The van der Waals surface area contributed by atoms with Crippen molar-refractivity contribution in [2.24, 2.45) is 0 Å². The molecule has 1 aliphatic heterocycles. The summed E-state index contributed by atoms with van der Waals surface area (Å²) in [5.74, 6) is -0.386. The SMILES string of the molecule is O=C(CCN1C(=O)/C(=C\c2ccccc2Cl)SC1=S)Nc1ccc(Br)cc1. The van der Waals surface area contributed by atoms with Gasteiger partial charge in [0, 0.05) is 28.1 Å². The summed E-state index contributed by atoms with van der Waals surface area (Å²) in [6.45, 7) is 0.229. The van der Waals surface area contributed by atoms with Crippen molar-refractivity contribution >= 4 is 79.4 Å². The molecule has 1 fully saturated rings. The van der Waals surface area contributed by atoms with Crippen molar-refractivity contribution in [1.29, 1.82) is 0 Å². The quantitative estimate of drug-likeness (QED) is 0.463. The maximum absolute atomic E-state index is 12.6. The Morgan fingerprint density at radius 1 is 1.22 bits per heavy atom. The number of carbonyl (C=O) groups excluding carboxylic acids is 2. The molecule has 1 heterocycles. The Morgan fingerprint density at radius 2 is 1.93 bits per heavy atom. The highest BCUT2D eigenvalue weighted by molar-refractivity contribution is 9.10. The van der Waals surface area contributed by atoms with E-state index >= 15 is 0 Å². The number of halogens is 2. The standard InChI is InChI=1S/C19H14BrClN2O2S2/c20-13-5-7-14(8-6-13)22-17(24)9-10-23-18(25)16(27-19(23)26)11-12-3-1-2-4-15(12)21/h1-8,11H,9-10H2,(H,22,24)/b16-11+. The Kier molecular flexibility index (Phi) is 6.70. The van der Waals surface area contributed by atoms with E-state index in [1.54, 1.807) is 24.3 Å². The minimum Gasteiger partial charge on any atom is -0.326 e. The van der Waals surface area contributed by atoms with Crippen LogP contribution in [0.25, 0.3) is 6.08 Å². The number of amides is 2. The van der Waals surface area contributed by atoms with Gasteiger partial charge in [0.05, 0.1) is 4.91 Å². The predicted octanol–water partition coefficient (Wildman–Crippen LogP) is 5.33. The third-order valence-corrected chi connectivity index (χ3v) is 6.01. The molecular weight excluding hydrogens is 468 g/mol. The van der Waals surface area contributed by atoms with E-state index in [-0.39, 0.29) is 24.8 Å². The molecule has 0 bridgehead atoms. The molecule has 1 aliphatic rings. The Hall–Kier alpha value is -1.67. The van der Waals surface area contributed by atoms with Crippen LogP contribution >= 0.6 is 51.5 Å². The third-order valence-electron chi connectivity index (χ3n) is 3.76. The summed E-state index contributed by atoms with van der Waals surface area (Å²) >= 11 is 16.0. The molecule has 1 N–H and O–H groups in total. The number of rotatable bonds is 5. The first-order valence-corrected chi connectivity index (χ1v) is 10.4. The Morgan fingerprint density at radius 3 is 2.63 bits per heavy atom. The zero-order valence-electron chi connectivity index (χ0n) is 13.9. The maximum atomic E-state index is 12.6. The normalized spacial score (nSPS) is 15.5. The van der Waals surface area contributed by atoms with E-state index in [9.17, 15) is 9.59 Å². The Bertz CT molecular complexity index is 932. The summed E-state index contributed by atoms with van der Waals surface area (Å²) in [7, 11) is 0. The van der Waals surface area contributed by atoms with E-state index in [0.717, 1.165) is 10.0 Å². The topological polar surface area (TPSA) is 49.4 Å². The molecule has 4 nitrogen and oxygen atoms in total. The van der Waals surface area contributed by atoms with Crippen molar-refractivity contribution in [3.8, 4) is 0 Å². The minimum atomic E-state index is -0.207. The van der Waals surface area contributed by atoms with E-state index in [1.807, 2.05) is 30.3 Å². The number of hydrogen-bond acceptors (Lipinski definition) is 4. The van der Waals surface area contributed by atoms with Gasteiger partial charge in [0.1, 0.15) is 4.32 Å². The van der Waals surface area contributed by atoms with Crippen molar-refractivity contribution in [3.63, 3.8) is 0 Å². The maximum Gasteiger partial charge on any atom is 0.266 e. The zero-order valence-corrected chi connectivity index (χ0v) is 17.9. The fraction of sp³-hybridized carbons (Fsp3) is 0.105. The molecule has 138 valence electrons. The van der Waals surface area contributed by atoms with Crippen molar-refractivity contribution < 1.29 is 9.59 Å². The van der Waals surface area contributed by atoms with Crippen molar-refractivity contribution in [2.45, 2.75) is 6.42 Å². The van der Waals surface area contributed by atoms with Crippen LogP contribution in [0.2, 0.25) is 5.02 Å². The largest absolute Gasteiger partial charge is 0.326 e. The first kappa shape index (κ1) is 20.1. The third kappa shape index (κ3) is 5.19. The van der Waals surface area contributed by atoms with Crippen LogP contribution in [0.15, 0.2) is 57.9 Å². The molecule has 0 atom stereocenters. The molecule has 3 rings (SSSR count). The number of hydrogen-bond donors (Lipinski definition) is 1. The first-order chi connectivity index (χ1) is 12.9. The molecule has 2 amide bonds. The molecule has 8 heteroatoms. The number of nitrogens with zero attached hydrogens (tertiary/aromatic N) is 1. The average Bonchev–Trinajstić information content (AvgIpc) is 2.90. The van der Waals surface area contributed by atoms with Gasteiger partial charge in [-0.3, -0.25) is 14.5 Å². The highest BCUT2D eigenvalue weighted by atomic mass is 79.9. The summed E-state index contributed by atoms with van der Waals surface area (Å²) in [5.41, 5.74) is 1.46. The van der Waals surface area contributed by atoms with Crippen molar-refractivity contribution in [3.05, 3.63) is 68.5 Å². The molecule has 27 heavy (non-hydrogen) atoms. The van der Waals surface area contributed by atoms with Gasteiger partial charge in [-0.1, -0.05) is 69.7 Å². The number of thiocarbonyl (C=S) groups is 1. The monoisotopic (exact) mass is 480 g/mol. The number of benzene rings is 2. The van der Waals surface area contributed by atoms with Crippen molar-refractivity contribution in [1.82, 2.24) is 4.90 Å². The van der Waals surface area contributed by atoms with E-state index in [0.29, 0.717) is 19.9 Å². The van der Waals surface area contributed by atoms with Crippen LogP contribution in [0, 0.1) is 0 Å². The fourth-order valence-corrected chi connectivity index (χ4v) is 4.15. The van der Waals surface area contributed by atoms with Crippen LogP contribution in [-0.2, 0) is 9.59 Å². The lowest BCUT2D eigenvalue weighted by Crippen LogP contribution is -2.31. The van der Waals surface area contributed by atoms with Gasteiger partial charge < -0.3 is 5.32 Å². The molecule has 0 aliphatic carbocycles. The van der Waals surface area contributed by atoms with Gasteiger partial charge in [0.15, 0.2) is 0 Å². The minimum absolute atomic E-state index is 0.155. The lowest BCUT2D eigenvalue weighted by molar-refractivity contribution is -0.122. The lowest BCUT2D eigenvalue weighted by Gasteiger charge is -2.14. The number of anilines is 1. The van der Waals surface area contributed by atoms with Gasteiger partial charge in [-0.15, -0.1) is 0 Å². The van der Waals surface area contributed by atoms with E-state index in [1.165, 1.54) is 16.7 Å². The fourth-order valence-electron chi connectivity index (χ4n) is 2.40. The van der Waals surface area contributed by atoms with Gasteiger partial charge in [-0.2, -0.15) is 0 Å². The molecule has 0 saturated carbocycles. The summed E-state index contributed by atoms with van der Waals surface area (Å²) in [4.78, 5) is 26.7. The van der Waals surface area contributed by atoms with E-state index in [2.05, 4.69) is 21.2 Å². The van der Waals surface area contributed by atoms with Crippen LogP contribution in [-0.4, -0.2) is 27.6 Å². The van der Waals surface area contributed by atoms with Gasteiger partial charge in [-0.25, -0.2) is 0 Å². The van der Waals surface area contributed by atoms with E-state index < -0.39 is 0 Å². The van der Waals surface area contributed by atoms with Crippen LogP contribution < -0.4 is 5.32 Å². The van der Waals surface area contributed by atoms with Crippen LogP contribution in [0.4, 0.5) is 5.69 Å². The highest BCUT2D eigenvalue weighted by Crippen LogP contribution is 2.33. The lowest BCUT2D eigenvalue weighted by atomic mass is 10.2. The van der Waals surface area contributed by atoms with Gasteiger partial charge in [-0.05, 0) is 42.0 Å². The van der Waals surface area contributed by atoms with Gasteiger partial charge >= 0.3 is 0 Å². The molecule has 1 saturated heterocycles. The Labute approximate surface area is 180 Å². The molecule has 2 aromatic carbocycles. The summed E-state index contributed by atoms with van der Waals surface area (Å²) in [6, 6.07) is 14.6. The second-order valence-corrected chi connectivity index (χ2v) is 8.66. The molecule has 0 unspecified atom stereocenters. The first-order valence-electron chi connectivity index (χ1n) is 7.99. The highest BCUT2D eigenvalue weighted by Gasteiger charge is 2.32. The second-order valence-electron chi connectivity index (χ2n) is 5.66. The molecular formula is C19H14BrClN2O2S2. The molecule has 0 spiro atoms. The molecule has 0 aromatic heterocycles. The molecule has 2 aromatic rings. The summed E-state index contributed by atoms with van der Waals surface area (Å²) in [6.07, 6.45) is 1.88. The predicted molar refractivity (Wildman–Crippen MR) is 119 cm³/mol. The summed E-state index contributed by atoms with van der Waals surface area (Å²) in [5, 5.41) is 3.37. The van der Waals surface area contributed by atoms with Crippen molar-refractivity contribution in [2.75, 3.05) is 11.9 Å². The number of thioether (sulfide) groups is 1. The number of nitrogens with one attached hydrogen (secondary N) is 1. The van der Waals surface area contributed by atoms with E-state index in [4.69, 9.17) is 23.8 Å². The van der Waals surface area contributed by atoms with Crippen LogP contribution in [0.5, 0.6) is 0 Å². The van der Waals surface area contributed by atoms with Gasteiger partial charge in [0.2, 0.25) is 5.91 Å². The Balaban J connectivity index is 1.61. The average molecular weight is 482 g/mol. The zero-order chi connectivity index (χ0) is 19.4.